The molecule has 0 saturated heterocycles. The summed E-state index contributed by atoms with van der Waals surface area (Å²) in [5.41, 5.74) is 0. The van der Waals surface area contributed by atoms with Crippen molar-refractivity contribution in [1.29, 1.82) is 0 Å². The molecule has 0 aliphatic rings. The molecule has 0 bridgehead atoms. The second-order valence-electron chi connectivity index (χ2n) is 4.53. The molecule has 0 saturated carbocycles. The molecule has 0 aliphatic heterocycles. The minimum absolute atomic E-state index is 0.0427. The molecule has 0 aromatic heterocycles. The van der Waals surface area contributed by atoms with Gasteiger partial charge in [0.05, 0.1) is 50.8 Å². The number of aliphatic hydroxyl groups is 2. The Morgan fingerprint density at radius 1 is 0.706 bits per heavy atom. The summed E-state index contributed by atoms with van der Waals surface area (Å²) in [6.45, 7) is 8.72. The minimum atomic E-state index is -0.450. The molecule has 104 valence electrons. The Morgan fingerprint density at radius 2 is 1.06 bits per heavy atom. The van der Waals surface area contributed by atoms with Crippen LogP contribution in [0.25, 0.3) is 0 Å². The average molecular weight is 250 g/mol. The summed E-state index contributed by atoms with van der Waals surface area (Å²) in [5.74, 6) is 0. The fourth-order valence-electron chi connectivity index (χ4n) is 1.28. The van der Waals surface area contributed by atoms with Gasteiger partial charge < -0.3 is 24.4 Å². The molecular weight excluding hydrogens is 224 g/mol. The van der Waals surface area contributed by atoms with E-state index in [1.165, 1.54) is 0 Å². The van der Waals surface area contributed by atoms with Crippen LogP contribution in [0, 0.1) is 0 Å². The third kappa shape index (κ3) is 12.1. The first-order valence-corrected chi connectivity index (χ1v) is 6.08. The first-order valence-electron chi connectivity index (χ1n) is 6.08. The smallest absolute Gasteiger partial charge is 0.0785 e. The molecule has 0 radical (unpaired) electrons. The Labute approximate surface area is 104 Å². The predicted molar refractivity (Wildman–Crippen MR) is 65.0 cm³/mol. The summed E-state index contributed by atoms with van der Waals surface area (Å²) in [7, 11) is 0. The maximum absolute atomic E-state index is 9.01. The summed E-state index contributed by atoms with van der Waals surface area (Å²) in [6.07, 6.45) is -0.985. The zero-order valence-corrected chi connectivity index (χ0v) is 11.3. The van der Waals surface area contributed by atoms with E-state index in [1.807, 2.05) is 13.8 Å². The van der Waals surface area contributed by atoms with Crippen molar-refractivity contribution >= 4 is 0 Å². The maximum atomic E-state index is 9.01. The van der Waals surface area contributed by atoms with Gasteiger partial charge in [-0.15, -0.1) is 0 Å². The molecule has 5 heteroatoms. The molecule has 0 aromatic rings. The molecule has 0 fully saturated rings. The van der Waals surface area contributed by atoms with E-state index in [0.29, 0.717) is 26.4 Å². The van der Waals surface area contributed by atoms with Gasteiger partial charge in [-0.05, 0) is 27.7 Å². The second kappa shape index (κ2) is 9.79. The molecule has 0 rings (SSSR count). The van der Waals surface area contributed by atoms with E-state index in [9.17, 15) is 0 Å². The monoisotopic (exact) mass is 250 g/mol. The van der Waals surface area contributed by atoms with Gasteiger partial charge in [-0.2, -0.15) is 0 Å². The average Bonchev–Trinajstić information content (AvgIpc) is 2.15. The molecule has 0 amide bonds. The van der Waals surface area contributed by atoms with Crippen molar-refractivity contribution in [3.8, 4) is 0 Å². The summed E-state index contributed by atoms with van der Waals surface area (Å²) in [5, 5.41) is 18.0. The third-order valence-electron chi connectivity index (χ3n) is 1.89. The van der Waals surface area contributed by atoms with Crippen LogP contribution in [-0.2, 0) is 14.2 Å². The van der Waals surface area contributed by atoms with E-state index in [2.05, 4.69) is 0 Å². The number of rotatable bonds is 10. The van der Waals surface area contributed by atoms with E-state index in [0.717, 1.165) is 0 Å². The molecule has 0 aliphatic carbocycles. The second-order valence-corrected chi connectivity index (χ2v) is 4.53. The van der Waals surface area contributed by atoms with Crippen molar-refractivity contribution in [2.75, 3.05) is 26.4 Å². The highest BCUT2D eigenvalue weighted by molar-refractivity contribution is 4.55. The maximum Gasteiger partial charge on any atom is 0.0785 e. The molecule has 4 unspecified atom stereocenters. The highest BCUT2D eigenvalue weighted by atomic mass is 16.6. The number of aliphatic hydroxyl groups excluding tert-OH is 2. The molecule has 0 spiro atoms. The Hall–Kier alpha value is -0.200. The molecule has 4 atom stereocenters. The lowest BCUT2D eigenvalue weighted by Gasteiger charge is -2.20. The van der Waals surface area contributed by atoms with Crippen LogP contribution in [0.3, 0.4) is 0 Å². The van der Waals surface area contributed by atoms with Gasteiger partial charge in [-0.3, -0.25) is 0 Å². The topological polar surface area (TPSA) is 68.2 Å². The SMILES string of the molecule is CC(O)COCC(C)OC(C)COCC(C)O. The van der Waals surface area contributed by atoms with Crippen LogP contribution < -0.4 is 0 Å². The van der Waals surface area contributed by atoms with Crippen molar-refractivity contribution in [3.63, 3.8) is 0 Å². The number of hydrogen-bond acceptors (Lipinski definition) is 5. The van der Waals surface area contributed by atoms with Crippen LogP contribution in [0.5, 0.6) is 0 Å². The Morgan fingerprint density at radius 3 is 1.35 bits per heavy atom. The van der Waals surface area contributed by atoms with Gasteiger partial charge in [-0.25, -0.2) is 0 Å². The van der Waals surface area contributed by atoms with E-state index in [-0.39, 0.29) is 12.2 Å². The number of hydrogen-bond donors (Lipinski definition) is 2. The van der Waals surface area contributed by atoms with Crippen LogP contribution >= 0.6 is 0 Å². The molecular formula is C12H26O5. The summed E-state index contributed by atoms with van der Waals surface area (Å²) in [6, 6.07) is 0. The molecule has 0 heterocycles. The van der Waals surface area contributed by atoms with Gasteiger partial charge in [-0.1, -0.05) is 0 Å². The lowest BCUT2D eigenvalue weighted by atomic mass is 10.3. The summed E-state index contributed by atoms with van der Waals surface area (Å²) < 4.78 is 16.1. The lowest BCUT2D eigenvalue weighted by Crippen LogP contribution is -2.27. The van der Waals surface area contributed by atoms with Gasteiger partial charge >= 0.3 is 0 Å². The van der Waals surface area contributed by atoms with Crippen LogP contribution in [0.2, 0.25) is 0 Å². The Balaban J connectivity index is 3.48. The van der Waals surface area contributed by atoms with Crippen molar-refractivity contribution in [3.05, 3.63) is 0 Å². The first kappa shape index (κ1) is 16.8. The molecule has 5 nitrogen and oxygen atoms in total. The van der Waals surface area contributed by atoms with Gasteiger partial charge in [0, 0.05) is 0 Å². The van der Waals surface area contributed by atoms with Gasteiger partial charge in [0.2, 0.25) is 0 Å². The van der Waals surface area contributed by atoms with Gasteiger partial charge in [0.25, 0.3) is 0 Å². The first-order chi connectivity index (χ1) is 7.91. The van der Waals surface area contributed by atoms with Crippen molar-refractivity contribution in [2.45, 2.75) is 52.1 Å². The quantitative estimate of drug-likeness (QED) is 0.593. The lowest BCUT2D eigenvalue weighted by molar-refractivity contribution is -0.0838. The van der Waals surface area contributed by atoms with Crippen LogP contribution in [0.15, 0.2) is 0 Å². The standard InChI is InChI=1S/C12H26O5/c1-9(13)5-15-7-11(3)17-12(4)8-16-6-10(2)14/h9-14H,5-8H2,1-4H3. The van der Waals surface area contributed by atoms with Crippen LogP contribution in [-0.4, -0.2) is 61.1 Å². The van der Waals surface area contributed by atoms with Gasteiger partial charge in [0.1, 0.15) is 0 Å². The van der Waals surface area contributed by atoms with Crippen molar-refractivity contribution in [2.24, 2.45) is 0 Å². The zero-order chi connectivity index (χ0) is 13.3. The zero-order valence-electron chi connectivity index (χ0n) is 11.3. The van der Waals surface area contributed by atoms with Crippen LogP contribution in [0.1, 0.15) is 27.7 Å². The highest BCUT2D eigenvalue weighted by Gasteiger charge is 2.10. The fraction of sp³-hybridized carbons (Fsp3) is 1.00. The molecule has 17 heavy (non-hydrogen) atoms. The normalized spacial score (nSPS) is 18.7. The third-order valence-corrected chi connectivity index (χ3v) is 1.89. The van der Waals surface area contributed by atoms with E-state index in [4.69, 9.17) is 24.4 Å². The Bertz CT molecular complexity index is 154. The predicted octanol–water partition coefficient (Wildman–Crippen LogP) is 0.575. The minimum Gasteiger partial charge on any atom is -0.391 e. The van der Waals surface area contributed by atoms with E-state index in [1.54, 1.807) is 13.8 Å². The largest absolute Gasteiger partial charge is 0.391 e. The Kier molecular flexibility index (Phi) is 9.68. The van der Waals surface area contributed by atoms with Crippen molar-refractivity contribution < 1.29 is 24.4 Å². The van der Waals surface area contributed by atoms with Crippen molar-refractivity contribution in [1.82, 2.24) is 0 Å². The summed E-state index contributed by atoms with van der Waals surface area (Å²) in [4.78, 5) is 0. The molecule has 2 N–H and O–H groups in total. The number of ether oxygens (including phenoxy) is 3. The van der Waals surface area contributed by atoms with E-state index < -0.39 is 12.2 Å². The fourth-order valence-corrected chi connectivity index (χ4v) is 1.28. The van der Waals surface area contributed by atoms with Crippen LogP contribution in [0.4, 0.5) is 0 Å². The molecule has 0 aromatic carbocycles. The van der Waals surface area contributed by atoms with Gasteiger partial charge in [0.15, 0.2) is 0 Å². The van der Waals surface area contributed by atoms with E-state index >= 15 is 0 Å². The highest BCUT2D eigenvalue weighted by Crippen LogP contribution is 2.00. The summed E-state index contributed by atoms with van der Waals surface area (Å²) >= 11 is 0.